The van der Waals surface area contributed by atoms with E-state index in [2.05, 4.69) is 15.3 Å². The maximum absolute atomic E-state index is 13.9. The number of aromatic nitrogens is 2. The van der Waals surface area contributed by atoms with Crippen LogP contribution in [0.25, 0.3) is 0 Å². The number of hydrogen-bond acceptors (Lipinski definition) is 5. The van der Waals surface area contributed by atoms with Gasteiger partial charge in [-0.25, -0.2) is 19.2 Å². The number of anilines is 1. The van der Waals surface area contributed by atoms with Gasteiger partial charge in [-0.05, 0) is 19.3 Å². The molecule has 0 bridgehead atoms. The Hall–Kier alpha value is -2.46. The van der Waals surface area contributed by atoms with Crippen molar-refractivity contribution in [2.45, 2.75) is 44.8 Å². The molecule has 0 radical (unpaired) electrons. The summed E-state index contributed by atoms with van der Waals surface area (Å²) in [7, 11) is 0. The molecule has 11 heteroatoms. The van der Waals surface area contributed by atoms with Crippen LogP contribution in [-0.2, 0) is 16.0 Å². The summed E-state index contributed by atoms with van der Waals surface area (Å²) in [4.78, 5) is 27.6. The van der Waals surface area contributed by atoms with Crippen LogP contribution in [0.3, 0.4) is 0 Å². The molecule has 140 valence electrons. The summed E-state index contributed by atoms with van der Waals surface area (Å²) in [5.41, 5.74) is 0.345. The summed E-state index contributed by atoms with van der Waals surface area (Å²) >= 11 is 0. The van der Waals surface area contributed by atoms with Crippen LogP contribution in [-0.4, -0.2) is 44.3 Å². The maximum atomic E-state index is 13.9. The van der Waals surface area contributed by atoms with Gasteiger partial charge in [0.15, 0.2) is 11.6 Å². The van der Waals surface area contributed by atoms with Gasteiger partial charge in [0.05, 0.1) is 11.6 Å². The minimum absolute atomic E-state index is 0.111. The minimum atomic E-state index is -5.08. The molecule has 0 unspecified atom stereocenters. The molecule has 1 aliphatic rings. The molecule has 1 fully saturated rings. The molecule has 1 saturated carbocycles. The van der Waals surface area contributed by atoms with E-state index >= 15 is 0 Å². The van der Waals surface area contributed by atoms with Gasteiger partial charge in [-0.1, -0.05) is 13.3 Å². The second-order valence-corrected chi connectivity index (χ2v) is 5.27. The largest absolute Gasteiger partial charge is 0.490 e. The predicted octanol–water partition coefficient (Wildman–Crippen LogP) is 2.48. The lowest BCUT2D eigenvalue weighted by Gasteiger charge is -2.18. The van der Waals surface area contributed by atoms with E-state index in [1.807, 2.05) is 6.92 Å². The Morgan fingerprint density at radius 3 is 2.36 bits per heavy atom. The van der Waals surface area contributed by atoms with Crippen LogP contribution >= 0.6 is 0 Å². The summed E-state index contributed by atoms with van der Waals surface area (Å²) in [5.74, 6) is -4.43. The molecule has 7 nitrogen and oxygen atoms in total. The van der Waals surface area contributed by atoms with Gasteiger partial charge in [0.2, 0.25) is 0 Å². The van der Waals surface area contributed by atoms with Gasteiger partial charge < -0.3 is 15.5 Å². The smallest absolute Gasteiger partial charge is 0.481 e. The van der Waals surface area contributed by atoms with E-state index in [1.165, 1.54) is 6.33 Å². The number of nitrogens with zero attached hydrogens (tertiary/aromatic N) is 2. The van der Waals surface area contributed by atoms with Crippen molar-refractivity contribution < 1.29 is 37.4 Å². The molecule has 0 aromatic carbocycles. The number of carboxylic acid groups (broad SMARTS) is 2. The normalized spacial score (nSPS) is 19.7. The number of alkyl halides is 3. The lowest BCUT2D eigenvalue weighted by atomic mass is 10.0. The number of aliphatic carboxylic acids is 2. The van der Waals surface area contributed by atoms with Crippen LogP contribution < -0.4 is 5.32 Å². The van der Waals surface area contributed by atoms with Crippen LogP contribution in [0.2, 0.25) is 0 Å². The first-order chi connectivity index (χ1) is 11.6. The van der Waals surface area contributed by atoms with E-state index in [0.29, 0.717) is 18.5 Å². The Bertz CT molecular complexity index is 625. The average molecular weight is 367 g/mol. The molecule has 0 saturated heterocycles. The van der Waals surface area contributed by atoms with Gasteiger partial charge in [-0.2, -0.15) is 13.2 Å². The Kier molecular flexibility index (Phi) is 7.07. The van der Waals surface area contributed by atoms with Crippen molar-refractivity contribution >= 4 is 17.8 Å². The molecule has 2 atom stereocenters. The second kappa shape index (κ2) is 8.58. The predicted molar refractivity (Wildman–Crippen MR) is 77.4 cm³/mol. The topological polar surface area (TPSA) is 112 Å². The highest BCUT2D eigenvalue weighted by atomic mass is 19.4. The molecule has 0 aliphatic heterocycles. The molecule has 0 amide bonds. The van der Waals surface area contributed by atoms with E-state index in [-0.39, 0.29) is 11.9 Å². The molecule has 1 aliphatic carbocycles. The second-order valence-electron chi connectivity index (χ2n) is 5.27. The van der Waals surface area contributed by atoms with Crippen LogP contribution in [0.1, 0.15) is 31.9 Å². The van der Waals surface area contributed by atoms with Crippen molar-refractivity contribution in [2.75, 3.05) is 5.32 Å². The maximum Gasteiger partial charge on any atom is 0.490 e. The van der Waals surface area contributed by atoms with Crippen LogP contribution in [0.4, 0.5) is 23.4 Å². The fourth-order valence-electron chi connectivity index (χ4n) is 2.36. The summed E-state index contributed by atoms with van der Waals surface area (Å²) in [6, 6.07) is -0.253. The van der Waals surface area contributed by atoms with E-state index in [4.69, 9.17) is 15.0 Å². The first kappa shape index (κ1) is 20.6. The zero-order chi connectivity index (χ0) is 19.2. The van der Waals surface area contributed by atoms with E-state index in [9.17, 15) is 22.4 Å². The fourth-order valence-corrected chi connectivity index (χ4v) is 2.36. The Balaban J connectivity index is 0.000000381. The zero-order valence-electron chi connectivity index (χ0n) is 13.2. The summed E-state index contributed by atoms with van der Waals surface area (Å²) in [6.45, 7) is 1.81. The Morgan fingerprint density at radius 2 is 1.88 bits per heavy atom. The minimum Gasteiger partial charge on any atom is -0.481 e. The third-order valence-corrected chi connectivity index (χ3v) is 3.59. The van der Waals surface area contributed by atoms with Crippen LogP contribution in [0.15, 0.2) is 6.33 Å². The van der Waals surface area contributed by atoms with Gasteiger partial charge in [0.25, 0.3) is 0 Å². The monoisotopic (exact) mass is 367 g/mol. The van der Waals surface area contributed by atoms with Crippen molar-refractivity contribution in [3.8, 4) is 0 Å². The SMILES string of the molecule is CCc1ncnc(N[C@@H]2CCC[C@@H]2C(=O)O)c1F.O=C(O)C(F)(F)F. The van der Waals surface area contributed by atoms with E-state index in [1.54, 1.807) is 0 Å². The van der Waals surface area contributed by atoms with Crippen molar-refractivity contribution in [1.82, 2.24) is 9.97 Å². The summed E-state index contributed by atoms with van der Waals surface area (Å²) in [5, 5.41) is 19.1. The van der Waals surface area contributed by atoms with Gasteiger partial charge in [-0.15, -0.1) is 0 Å². The van der Waals surface area contributed by atoms with Gasteiger partial charge >= 0.3 is 18.1 Å². The number of carboxylic acids is 2. The summed E-state index contributed by atoms with van der Waals surface area (Å²) in [6.07, 6.45) is -1.12. The molecule has 2 rings (SSSR count). The third kappa shape index (κ3) is 5.84. The van der Waals surface area contributed by atoms with Gasteiger partial charge in [-0.3, -0.25) is 4.79 Å². The van der Waals surface area contributed by atoms with Gasteiger partial charge in [0.1, 0.15) is 6.33 Å². The standard InChI is InChI=1S/C12H16FN3O2.C2HF3O2/c1-2-8-10(13)11(15-6-14-8)16-9-5-3-4-7(9)12(17)18;3-2(4,5)1(6)7/h6-7,9H,2-5H2,1H3,(H,17,18)(H,14,15,16);(H,6,7)/t7-,9+;/m0./s1. The van der Waals surface area contributed by atoms with Crippen LogP contribution in [0, 0.1) is 11.7 Å². The molecule has 0 spiro atoms. The van der Waals surface area contributed by atoms with Crippen molar-refractivity contribution in [3.63, 3.8) is 0 Å². The number of halogens is 4. The highest BCUT2D eigenvalue weighted by molar-refractivity contribution is 5.73. The number of carbonyl (C=O) groups is 2. The number of aryl methyl sites for hydroxylation is 1. The number of hydrogen-bond donors (Lipinski definition) is 3. The molecule has 1 aromatic rings. The fraction of sp³-hybridized carbons (Fsp3) is 0.571. The lowest BCUT2D eigenvalue weighted by molar-refractivity contribution is -0.192. The van der Waals surface area contributed by atoms with E-state index < -0.39 is 29.9 Å². The van der Waals surface area contributed by atoms with E-state index in [0.717, 1.165) is 12.8 Å². The highest BCUT2D eigenvalue weighted by Crippen LogP contribution is 2.29. The van der Waals surface area contributed by atoms with Crippen molar-refractivity contribution in [1.29, 1.82) is 0 Å². The summed E-state index contributed by atoms with van der Waals surface area (Å²) < 4.78 is 45.7. The molecular formula is C14H17F4N3O4. The first-order valence-electron chi connectivity index (χ1n) is 7.36. The highest BCUT2D eigenvalue weighted by Gasteiger charge is 2.38. The molecule has 25 heavy (non-hydrogen) atoms. The zero-order valence-corrected chi connectivity index (χ0v) is 13.2. The number of nitrogens with one attached hydrogen (secondary N) is 1. The van der Waals surface area contributed by atoms with Crippen molar-refractivity contribution in [2.24, 2.45) is 5.92 Å². The average Bonchev–Trinajstić information content (AvgIpc) is 2.97. The van der Waals surface area contributed by atoms with Crippen LogP contribution in [0.5, 0.6) is 0 Å². The Labute approximate surface area is 140 Å². The molecular weight excluding hydrogens is 350 g/mol. The Morgan fingerprint density at radius 1 is 1.28 bits per heavy atom. The quantitative estimate of drug-likeness (QED) is 0.701. The lowest BCUT2D eigenvalue weighted by Crippen LogP contribution is -2.30. The molecule has 1 heterocycles. The number of rotatable bonds is 4. The molecule has 1 aromatic heterocycles. The van der Waals surface area contributed by atoms with Gasteiger partial charge in [0, 0.05) is 6.04 Å². The first-order valence-corrected chi connectivity index (χ1v) is 7.36. The molecule has 3 N–H and O–H groups in total. The third-order valence-electron chi connectivity index (χ3n) is 3.59. The van der Waals surface area contributed by atoms with Crippen molar-refractivity contribution in [3.05, 3.63) is 17.8 Å².